The highest BCUT2D eigenvalue weighted by atomic mass is 16.2. The molecule has 1 unspecified atom stereocenters. The van der Waals surface area contributed by atoms with Gasteiger partial charge < -0.3 is 11.1 Å². The van der Waals surface area contributed by atoms with E-state index in [2.05, 4.69) is 24.1 Å². The number of nitrogens with two attached hydrogens (primary N) is 1. The van der Waals surface area contributed by atoms with E-state index in [4.69, 9.17) is 5.73 Å². The average molecular weight is 255 g/mol. The molecular weight excluding hydrogens is 226 g/mol. The molecule has 4 nitrogen and oxygen atoms in total. The Labute approximate surface area is 111 Å². The van der Waals surface area contributed by atoms with E-state index in [0.29, 0.717) is 25.2 Å². The van der Waals surface area contributed by atoms with E-state index in [1.807, 2.05) is 0 Å². The number of nitrogens with one attached hydrogen (secondary N) is 1. The number of amides is 1. The third-order valence-electron chi connectivity index (χ3n) is 3.72. The van der Waals surface area contributed by atoms with Crippen molar-refractivity contribution in [3.05, 3.63) is 0 Å². The first kappa shape index (κ1) is 15.4. The van der Waals surface area contributed by atoms with Gasteiger partial charge in [-0.05, 0) is 39.2 Å². The van der Waals surface area contributed by atoms with Crippen LogP contribution in [0, 0.1) is 0 Å². The zero-order chi connectivity index (χ0) is 13.4. The Bertz CT molecular complexity index is 241. The molecular formula is C14H29N3O. The van der Waals surface area contributed by atoms with Gasteiger partial charge in [-0.15, -0.1) is 0 Å². The third kappa shape index (κ3) is 5.36. The van der Waals surface area contributed by atoms with E-state index in [9.17, 15) is 4.79 Å². The molecule has 1 aliphatic rings. The molecule has 0 radical (unpaired) electrons. The van der Waals surface area contributed by atoms with Gasteiger partial charge in [0.2, 0.25) is 5.91 Å². The molecule has 0 aliphatic heterocycles. The smallest absolute Gasteiger partial charge is 0.234 e. The van der Waals surface area contributed by atoms with Gasteiger partial charge in [0.1, 0.15) is 0 Å². The van der Waals surface area contributed by atoms with Gasteiger partial charge in [-0.2, -0.15) is 0 Å². The van der Waals surface area contributed by atoms with Gasteiger partial charge in [0.25, 0.3) is 0 Å². The Morgan fingerprint density at radius 3 is 2.72 bits per heavy atom. The number of rotatable bonds is 9. The Hall–Kier alpha value is -0.610. The maximum Gasteiger partial charge on any atom is 0.234 e. The molecule has 1 amide bonds. The van der Waals surface area contributed by atoms with Crippen LogP contribution in [0.2, 0.25) is 0 Å². The van der Waals surface area contributed by atoms with E-state index >= 15 is 0 Å². The van der Waals surface area contributed by atoms with E-state index < -0.39 is 0 Å². The van der Waals surface area contributed by atoms with E-state index in [1.54, 1.807) is 0 Å². The fourth-order valence-corrected chi connectivity index (χ4v) is 2.45. The molecule has 1 fully saturated rings. The van der Waals surface area contributed by atoms with Crippen molar-refractivity contribution in [3.63, 3.8) is 0 Å². The highest BCUT2D eigenvalue weighted by Crippen LogP contribution is 2.24. The molecule has 4 heteroatoms. The van der Waals surface area contributed by atoms with Crippen molar-refractivity contribution in [2.75, 3.05) is 19.6 Å². The van der Waals surface area contributed by atoms with Gasteiger partial charge in [-0.25, -0.2) is 0 Å². The summed E-state index contributed by atoms with van der Waals surface area (Å²) in [7, 11) is 0. The summed E-state index contributed by atoms with van der Waals surface area (Å²) < 4.78 is 0. The van der Waals surface area contributed by atoms with E-state index in [-0.39, 0.29) is 5.91 Å². The van der Waals surface area contributed by atoms with Crippen LogP contribution in [0.4, 0.5) is 0 Å². The summed E-state index contributed by atoms with van der Waals surface area (Å²) in [5.41, 5.74) is 5.56. The lowest BCUT2D eigenvalue weighted by molar-refractivity contribution is -0.123. The number of nitrogens with zero attached hydrogens (tertiary/aromatic N) is 1. The monoisotopic (exact) mass is 255 g/mol. The van der Waals surface area contributed by atoms with Crippen molar-refractivity contribution in [1.29, 1.82) is 0 Å². The second kappa shape index (κ2) is 8.48. The quantitative estimate of drug-likeness (QED) is 0.656. The van der Waals surface area contributed by atoms with Crippen LogP contribution in [0.25, 0.3) is 0 Å². The Morgan fingerprint density at radius 1 is 1.50 bits per heavy atom. The van der Waals surface area contributed by atoms with Gasteiger partial charge in [0.15, 0.2) is 0 Å². The highest BCUT2D eigenvalue weighted by Gasteiger charge is 2.26. The van der Waals surface area contributed by atoms with Crippen LogP contribution in [0.3, 0.4) is 0 Å². The topological polar surface area (TPSA) is 58.4 Å². The zero-order valence-electron chi connectivity index (χ0n) is 12.0. The first-order chi connectivity index (χ1) is 8.67. The molecule has 0 spiro atoms. The number of hydrogen-bond donors (Lipinski definition) is 2. The molecule has 106 valence electrons. The summed E-state index contributed by atoms with van der Waals surface area (Å²) in [5.74, 6) is 0.167. The minimum Gasteiger partial charge on any atom is -0.353 e. The Morgan fingerprint density at radius 2 is 2.22 bits per heavy atom. The predicted octanol–water partition coefficient (Wildman–Crippen LogP) is 1.49. The number of carbonyl (C=O) groups is 1. The van der Waals surface area contributed by atoms with Crippen LogP contribution in [0.15, 0.2) is 0 Å². The van der Waals surface area contributed by atoms with Gasteiger partial charge >= 0.3 is 0 Å². The number of carbonyl (C=O) groups excluding carboxylic acids is 1. The maximum atomic E-state index is 12.0. The fraction of sp³-hybridized carbons (Fsp3) is 0.929. The number of hydrogen-bond acceptors (Lipinski definition) is 3. The molecule has 0 saturated heterocycles. The van der Waals surface area contributed by atoms with Crippen LogP contribution < -0.4 is 11.1 Å². The Kier molecular flexibility index (Phi) is 7.28. The molecule has 3 N–H and O–H groups in total. The predicted molar refractivity (Wildman–Crippen MR) is 75.4 cm³/mol. The zero-order valence-corrected chi connectivity index (χ0v) is 12.0. The second-order valence-corrected chi connectivity index (χ2v) is 5.45. The molecule has 0 aromatic carbocycles. The molecule has 0 aromatic heterocycles. The van der Waals surface area contributed by atoms with Gasteiger partial charge in [0.05, 0.1) is 6.54 Å². The molecule has 0 aromatic rings. The van der Waals surface area contributed by atoms with E-state index in [0.717, 1.165) is 25.8 Å². The molecule has 1 rings (SSSR count). The average Bonchev–Trinajstić information content (AvgIpc) is 2.23. The van der Waals surface area contributed by atoms with E-state index in [1.165, 1.54) is 19.3 Å². The first-order valence-corrected chi connectivity index (χ1v) is 7.40. The van der Waals surface area contributed by atoms with Crippen molar-refractivity contribution >= 4 is 5.91 Å². The summed E-state index contributed by atoms with van der Waals surface area (Å²) in [6.45, 7) is 6.42. The van der Waals surface area contributed by atoms with Crippen LogP contribution in [-0.2, 0) is 4.79 Å². The first-order valence-electron chi connectivity index (χ1n) is 7.40. The third-order valence-corrected chi connectivity index (χ3v) is 3.72. The van der Waals surface area contributed by atoms with Gasteiger partial charge in [-0.3, -0.25) is 9.69 Å². The molecule has 1 saturated carbocycles. The summed E-state index contributed by atoms with van der Waals surface area (Å²) >= 11 is 0. The SMILES string of the molecule is CCCC(C)NC(=O)CN(CCCN)C1CCC1. The maximum absolute atomic E-state index is 12.0. The molecule has 1 atom stereocenters. The largest absolute Gasteiger partial charge is 0.353 e. The molecule has 0 heterocycles. The van der Waals surface area contributed by atoms with Crippen molar-refractivity contribution in [1.82, 2.24) is 10.2 Å². The lowest BCUT2D eigenvalue weighted by Gasteiger charge is -2.37. The normalized spacial score (nSPS) is 17.6. The standard InChI is InChI=1S/C14H29N3O/c1-3-6-12(2)16-14(18)11-17(10-5-9-15)13-7-4-8-13/h12-13H,3-11,15H2,1-2H3,(H,16,18). The highest BCUT2D eigenvalue weighted by molar-refractivity contribution is 5.78. The minimum absolute atomic E-state index is 0.167. The molecule has 0 bridgehead atoms. The minimum atomic E-state index is 0.167. The molecule has 18 heavy (non-hydrogen) atoms. The van der Waals surface area contributed by atoms with Crippen LogP contribution in [0.1, 0.15) is 52.4 Å². The van der Waals surface area contributed by atoms with Crippen molar-refractivity contribution < 1.29 is 4.79 Å². The van der Waals surface area contributed by atoms with Crippen LogP contribution >= 0.6 is 0 Å². The summed E-state index contributed by atoms with van der Waals surface area (Å²) in [4.78, 5) is 14.3. The lowest BCUT2D eigenvalue weighted by Crippen LogP contribution is -2.48. The van der Waals surface area contributed by atoms with Crippen molar-refractivity contribution in [2.45, 2.75) is 64.5 Å². The fourth-order valence-electron chi connectivity index (χ4n) is 2.45. The van der Waals surface area contributed by atoms with Gasteiger partial charge in [0, 0.05) is 18.6 Å². The van der Waals surface area contributed by atoms with Crippen LogP contribution in [-0.4, -0.2) is 42.5 Å². The summed E-state index contributed by atoms with van der Waals surface area (Å²) in [6, 6.07) is 0.907. The van der Waals surface area contributed by atoms with Crippen LogP contribution in [0.5, 0.6) is 0 Å². The Balaban J connectivity index is 2.31. The second-order valence-electron chi connectivity index (χ2n) is 5.45. The molecule has 1 aliphatic carbocycles. The lowest BCUT2D eigenvalue weighted by atomic mass is 9.91. The summed E-state index contributed by atoms with van der Waals surface area (Å²) in [5, 5.41) is 3.08. The van der Waals surface area contributed by atoms with Crippen molar-refractivity contribution in [2.24, 2.45) is 5.73 Å². The van der Waals surface area contributed by atoms with Crippen molar-refractivity contribution in [3.8, 4) is 0 Å². The van der Waals surface area contributed by atoms with Gasteiger partial charge in [-0.1, -0.05) is 19.8 Å². The summed E-state index contributed by atoms with van der Waals surface area (Å²) in [6.07, 6.45) is 6.93.